The third-order valence-electron chi connectivity index (χ3n) is 1.42. The van der Waals surface area contributed by atoms with E-state index in [9.17, 15) is 13.2 Å². The number of halogens is 3. The van der Waals surface area contributed by atoms with Gasteiger partial charge in [-0.1, -0.05) is 23.2 Å². The van der Waals surface area contributed by atoms with E-state index in [4.69, 9.17) is 33.9 Å². The molecule has 14 heavy (non-hydrogen) atoms. The number of benzene rings is 1. The van der Waals surface area contributed by atoms with Gasteiger partial charge in [0.2, 0.25) is 0 Å². The zero-order valence-electron chi connectivity index (χ0n) is 6.50. The van der Waals surface area contributed by atoms with Crippen LogP contribution in [0.1, 0.15) is 10.4 Å². The Morgan fingerprint density at radius 1 is 1.21 bits per heavy atom. The van der Waals surface area contributed by atoms with Crippen molar-refractivity contribution in [2.75, 3.05) is 0 Å². The van der Waals surface area contributed by atoms with Gasteiger partial charge in [0.05, 0.1) is 10.0 Å². The minimum atomic E-state index is -3.99. The van der Waals surface area contributed by atoms with Crippen molar-refractivity contribution in [3.8, 4) is 0 Å². The van der Waals surface area contributed by atoms with Gasteiger partial charge in [-0.3, -0.25) is 4.79 Å². The van der Waals surface area contributed by atoms with Gasteiger partial charge in [0.15, 0.2) is 0 Å². The number of hydrogen-bond acceptors (Lipinski definition) is 3. The second-order valence-electron chi connectivity index (χ2n) is 2.37. The highest BCUT2D eigenvalue weighted by molar-refractivity contribution is 8.13. The van der Waals surface area contributed by atoms with Crippen molar-refractivity contribution >= 4 is 49.2 Å². The first-order valence-corrected chi connectivity index (χ1v) is 6.31. The molecule has 0 atom stereocenters. The van der Waals surface area contributed by atoms with Gasteiger partial charge in [-0.2, -0.15) is 0 Å². The third kappa shape index (κ3) is 2.39. The summed E-state index contributed by atoms with van der Waals surface area (Å²) < 4.78 is 22.0. The Balaban J connectivity index is 3.58. The first kappa shape index (κ1) is 11.8. The van der Waals surface area contributed by atoms with Crippen LogP contribution in [0.3, 0.4) is 0 Å². The fourth-order valence-corrected chi connectivity index (χ4v) is 2.61. The Morgan fingerprint density at radius 2 is 1.79 bits per heavy atom. The van der Waals surface area contributed by atoms with Crippen LogP contribution < -0.4 is 0 Å². The molecule has 0 heterocycles. The molecule has 0 bridgehead atoms. The maximum absolute atomic E-state index is 11.0. The van der Waals surface area contributed by atoms with Crippen LogP contribution in [0.2, 0.25) is 10.0 Å². The highest BCUT2D eigenvalue weighted by atomic mass is 35.7. The van der Waals surface area contributed by atoms with Crippen LogP contribution in [0.25, 0.3) is 0 Å². The molecule has 76 valence electrons. The molecule has 0 amide bonds. The van der Waals surface area contributed by atoms with Crippen LogP contribution >= 0.6 is 33.9 Å². The number of rotatable bonds is 2. The summed E-state index contributed by atoms with van der Waals surface area (Å²) in [5.41, 5.74) is 0.0959. The fraction of sp³-hybridized carbons (Fsp3) is 0. The van der Waals surface area contributed by atoms with Gasteiger partial charge >= 0.3 is 0 Å². The first-order valence-electron chi connectivity index (χ1n) is 3.25. The molecule has 1 aromatic rings. The van der Waals surface area contributed by atoms with E-state index >= 15 is 0 Å². The average molecular weight is 274 g/mol. The normalized spacial score (nSPS) is 11.4. The van der Waals surface area contributed by atoms with Gasteiger partial charge in [0.1, 0.15) is 11.2 Å². The number of carbonyl (C=O) groups is 1. The largest absolute Gasteiger partial charge is 0.298 e. The summed E-state index contributed by atoms with van der Waals surface area (Å²) in [6.45, 7) is 0. The van der Waals surface area contributed by atoms with Crippen LogP contribution in [-0.4, -0.2) is 14.7 Å². The minimum absolute atomic E-state index is 0.0320. The standard InChI is InChI=1S/C7H3Cl3O3S/c8-5-1-4(3-11)2-6(7(5)9)14(10,12)13/h1-3H. The summed E-state index contributed by atoms with van der Waals surface area (Å²) in [6.07, 6.45) is 0.452. The smallest absolute Gasteiger partial charge is 0.262 e. The van der Waals surface area contributed by atoms with E-state index in [0.29, 0.717) is 6.29 Å². The van der Waals surface area contributed by atoms with E-state index in [1.807, 2.05) is 0 Å². The number of carbonyl (C=O) groups excluding carboxylic acids is 1. The second kappa shape index (κ2) is 4.06. The Morgan fingerprint density at radius 3 is 2.21 bits per heavy atom. The molecule has 1 rings (SSSR count). The minimum Gasteiger partial charge on any atom is -0.298 e. The van der Waals surface area contributed by atoms with Crippen LogP contribution in [0.5, 0.6) is 0 Å². The molecule has 0 saturated carbocycles. The summed E-state index contributed by atoms with van der Waals surface area (Å²) in [5.74, 6) is 0. The number of aldehydes is 1. The lowest BCUT2D eigenvalue weighted by molar-refractivity contribution is 0.112. The maximum Gasteiger partial charge on any atom is 0.262 e. The van der Waals surface area contributed by atoms with Crippen molar-refractivity contribution < 1.29 is 13.2 Å². The highest BCUT2D eigenvalue weighted by Crippen LogP contribution is 2.32. The molecule has 0 N–H and O–H groups in total. The van der Waals surface area contributed by atoms with Crippen LogP contribution in [0, 0.1) is 0 Å². The van der Waals surface area contributed by atoms with Gasteiger partial charge < -0.3 is 0 Å². The summed E-state index contributed by atoms with van der Waals surface area (Å²) in [7, 11) is 1.09. The predicted octanol–water partition coefficient (Wildman–Crippen LogP) is 2.73. The van der Waals surface area contributed by atoms with Gasteiger partial charge in [-0.05, 0) is 12.1 Å². The molecule has 0 spiro atoms. The first-order chi connectivity index (χ1) is 6.36. The van der Waals surface area contributed by atoms with Crippen molar-refractivity contribution in [3.05, 3.63) is 27.7 Å². The van der Waals surface area contributed by atoms with E-state index in [1.54, 1.807) is 0 Å². The molecule has 0 saturated heterocycles. The lowest BCUT2D eigenvalue weighted by Gasteiger charge is -2.02. The Hall–Kier alpha value is -0.290. The quantitative estimate of drug-likeness (QED) is 0.615. The fourth-order valence-electron chi connectivity index (χ4n) is 0.829. The Kier molecular flexibility index (Phi) is 3.42. The van der Waals surface area contributed by atoms with E-state index in [-0.39, 0.29) is 20.5 Å². The van der Waals surface area contributed by atoms with Crippen molar-refractivity contribution in [2.45, 2.75) is 4.90 Å². The molecule has 0 aliphatic heterocycles. The van der Waals surface area contributed by atoms with Crippen molar-refractivity contribution in [1.29, 1.82) is 0 Å². The average Bonchev–Trinajstić information content (AvgIpc) is 2.07. The molecule has 0 unspecified atom stereocenters. The van der Waals surface area contributed by atoms with Gasteiger partial charge in [-0.15, -0.1) is 0 Å². The molecule has 0 aliphatic rings. The summed E-state index contributed by atoms with van der Waals surface area (Å²) in [6, 6.07) is 2.31. The van der Waals surface area contributed by atoms with Crippen molar-refractivity contribution in [2.24, 2.45) is 0 Å². The van der Waals surface area contributed by atoms with Crippen LogP contribution in [-0.2, 0) is 9.05 Å². The molecule has 1 aromatic carbocycles. The zero-order chi connectivity index (χ0) is 10.9. The Bertz CT molecular complexity index is 481. The summed E-state index contributed by atoms with van der Waals surface area (Å²) >= 11 is 11.2. The lowest BCUT2D eigenvalue weighted by atomic mass is 10.2. The highest BCUT2D eigenvalue weighted by Gasteiger charge is 2.18. The lowest BCUT2D eigenvalue weighted by Crippen LogP contribution is -1.94. The van der Waals surface area contributed by atoms with Gasteiger partial charge in [0, 0.05) is 16.2 Å². The maximum atomic E-state index is 11.0. The Labute approximate surface area is 95.0 Å². The van der Waals surface area contributed by atoms with E-state index in [0.717, 1.165) is 6.07 Å². The van der Waals surface area contributed by atoms with Gasteiger partial charge in [0.25, 0.3) is 9.05 Å². The van der Waals surface area contributed by atoms with E-state index in [1.165, 1.54) is 6.07 Å². The molecule has 7 heteroatoms. The molecule has 0 fully saturated rings. The topological polar surface area (TPSA) is 51.2 Å². The molecule has 0 aromatic heterocycles. The summed E-state index contributed by atoms with van der Waals surface area (Å²) in [5, 5.41) is -0.220. The zero-order valence-corrected chi connectivity index (χ0v) is 9.58. The second-order valence-corrected chi connectivity index (χ2v) is 5.69. The molecule has 3 nitrogen and oxygen atoms in total. The van der Waals surface area contributed by atoms with Crippen molar-refractivity contribution in [3.63, 3.8) is 0 Å². The van der Waals surface area contributed by atoms with Crippen LogP contribution in [0.4, 0.5) is 0 Å². The van der Waals surface area contributed by atoms with Gasteiger partial charge in [-0.25, -0.2) is 8.42 Å². The van der Waals surface area contributed by atoms with Crippen molar-refractivity contribution in [1.82, 2.24) is 0 Å². The molecular weight excluding hydrogens is 270 g/mol. The predicted molar refractivity (Wildman–Crippen MR) is 54.9 cm³/mol. The van der Waals surface area contributed by atoms with Crippen LogP contribution in [0.15, 0.2) is 17.0 Å². The SMILES string of the molecule is O=Cc1cc(Cl)c(Cl)c(S(=O)(=O)Cl)c1. The summed E-state index contributed by atoms with van der Waals surface area (Å²) in [4.78, 5) is 10.0. The number of hydrogen-bond donors (Lipinski definition) is 0. The van der Waals surface area contributed by atoms with E-state index < -0.39 is 9.05 Å². The third-order valence-corrected chi connectivity index (χ3v) is 3.68. The molecule has 0 aliphatic carbocycles. The van der Waals surface area contributed by atoms with E-state index in [2.05, 4.69) is 0 Å². The molecular formula is C7H3Cl3O3S. The molecule has 0 radical (unpaired) electrons. The monoisotopic (exact) mass is 272 g/mol.